The van der Waals surface area contributed by atoms with Gasteiger partial charge in [-0.25, -0.2) is 4.98 Å². The highest BCUT2D eigenvalue weighted by molar-refractivity contribution is 4.87. The molecule has 0 saturated carbocycles. The van der Waals surface area contributed by atoms with E-state index < -0.39 is 5.60 Å². The van der Waals surface area contributed by atoms with Gasteiger partial charge in [0.25, 0.3) is 5.56 Å². The van der Waals surface area contributed by atoms with Crippen molar-refractivity contribution < 1.29 is 9.84 Å². The van der Waals surface area contributed by atoms with E-state index in [4.69, 9.17) is 4.74 Å². The Morgan fingerprint density at radius 2 is 2.23 bits per heavy atom. The number of piperidine rings is 1. The number of aliphatic hydroxyl groups is 1. The number of hydrogen-bond donors (Lipinski definition) is 1. The lowest BCUT2D eigenvalue weighted by molar-refractivity contribution is -0.103. The second-order valence-corrected chi connectivity index (χ2v) is 6.67. The average Bonchev–Trinajstić information content (AvgIpc) is 2.52. The van der Waals surface area contributed by atoms with Gasteiger partial charge in [0.2, 0.25) is 0 Å². The molecule has 6 heteroatoms. The molecule has 0 amide bonds. The summed E-state index contributed by atoms with van der Waals surface area (Å²) in [6.45, 7) is 4.62. The van der Waals surface area contributed by atoms with Crippen LogP contribution in [0.5, 0.6) is 0 Å². The Morgan fingerprint density at radius 3 is 2.91 bits per heavy atom. The molecule has 0 bridgehead atoms. The number of β-amino-alcohol motifs (C(OH)–C–C–N with tert-alkyl or cyclic N) is 1. The predicted octanol–water partition coefficient (Wildman–Crippen LogP) is 0.497. The van der Waals surface area contributed by atoms with Gasteiger partial charge in [-0.15, -0.1) is 0 Å². The van der Waals surface area contributed by atoms with Crippen LogP contribution in [0.25, 0.3) is 0 Å². The summed E-state index contributed by atoms with van der Waals surface area (Å²) in [5.74, 6) is 0.510. The Morgan fingerprint density at radius 1 is 1.41 bits per heavy atom. The van der Waals surface area contributed by atoms with E-state index in [1.807, 2.05) is 0 Å². The summed E-state index contributed by atoms with van der Waals surface area (Å²) in [7, 11) is 0. The normalized spacial score (nSPS) is 27.9. The molecule has 1 unspecified atom stereocenters. The maximum atomic E-state index is 11.7. The van der Waals surface area contributed by atoms with Crippen LogP contribution in [0.1, 0.15) is 25.7 Å². The van der Waals surface area contributed by atoms with Crippen molar-refractivity contribution in [3.05, 3.63) is 28.9 Å². The fourth-order valence-corrected chi connectivity index (χ4v) is 3.50. The maximum Gasteiger partial charge on any atom is 0.253 e. The smallest absolute Gasteiger partial charge is 0.253 e. The quantitative estimate of drug-likeness (QED) is 0.877. The van der Waals surface area contributed by atoms with Crippen LogP contribution in [0.15, 0.2) is 23.4 Å². The molecule has 6 nitrogen and oxygen atoms in total. The minimum absolute atomic E-state index is 0.0195. The zero-order valence-corrected chi connectivity index (χ0v) is 13.0. The van der Waals surface area contributed by atoms with Crippen LogP contribution in [0.2, 0.25) is 0 Å². The molecule has 3 rings (SSSR count). The monoisotopic (exact) mass is 307 g/mol. The van der Waals surface area contributed by atoms with Crippen molar-refractivity contribution in [1.82, 2.24) is 14.5 Å². The van der Waals surface area contributed by atoms with Gasteiger partial charge in [-0.2, -0.15) is 0 Å². The van der Waals surface area contributed by atoms with Gasteiger partial charge in [-0.3, -0.25) is 9.36 Å². The minimum atomic E-state index is -0.675. The zero-order valence-electron chi connectivity index (χ0n) is 13.0. The van der Waals surface area contributed by atoms with Crippen LogP contribution in [0.3, 0.4) is 0 Å². The van der Waals surface area contributed by atoms with Gasteiger partial charge < -0.3 is 14.7 Å². The van der Waals surface area contributed by atoms with Gasteiger partial charge in [-0.1, -0.05) is 0 Å². The van der Waals surface area contributed by atoms with Crippen LogP contribution < -0.4 is 5.56 Å². The van der Waals surface area contributed by atoms with E-state index in [1.54, 1.807) is 10.9 Å². The van der Waals surface area contributed by atoms with Gasteiger partial charge in [0, 0.05) is 32.0 Å². The largest absolute Gasteiger partial charge is 0.386 e. The standard InChI is InChI=1S/C16H25N3O3/c20-15-2-6-17-13-19(15)10-14-3-7-18(8-4-14)11-16(21)5-1-9-22-12-16/h2,6,13-14,21H,1,3-5,7-12H2. The topological polar surface area (TPSA) is 67.6 Å². The summed E-state index contributed by atoms with van der Waals surface area (Å²) in [4.78, 5) is 18.1. The first-order valence-electron chi connectivity index (χ1n) is 8.18. The van der Waals surface area contributed by atoms with Crippen molar-refractivity contribution in [3.63, 3.8) is 0 Å². The lowest BCUT2D eigenvalue weighted by atomic mass is 9.92. The first-order valence-corrected chi connectivity index (χ1v) is 8.18. The third kappa shape index (κ3) is 3.94. The Labute approximate surface area is 130 Å². The molecule has 122 valence electrons. The highest BCUT2D eigenvalue weighted by atomic mass is 16.5. The molecule has 0 radical (unpaired) electrons. The van der Waals surface area contributed by atoms with Crippen LogP contribution in [-0.4, -0.2) is 58.0 Å². The van der Waals surface area contributed by atoms with E-state index >= 15 is 0 Å². The van der Waals surface area contributed by atoms with Crippen LogP contribution >= 0.6 is 0 Å². The van der Waals surface area contributed by atoms with E-state index in [1.165, 1.54) is 12.3 Å². The second-order valence-electron chi connectivity index (χ2n) is 6.67. The summed E-state index contributed by atoms with van der Waals surface area (Å²) >= 11 is 0. The van der Waals surface area contributed by atoms with Gasteiger partial charge in [0.15, 0.2) is 0 Å². The molecule has 2 fully saturated rings. The van der Waals surface area contributed by atoms with E-state index in [9.17, 15) is 9.90 Å². The Bertz CT molecular complexity index is 531. The summed E-state index contributed by atoms with van der Waals surface area (Å²) < 4.78 is 7.12. The predicted molar refractivity (Wildman–Crippen MR) is 82.7 cm³/mol. The van der Waals surface area contributed by atoms with Crippen LogP contribution in [0.4, 0.5) is 0 Å². The molecular formula is C16H25N3O3. The van der Waals surface area contributed by atoms with E-state index in [-0.39, 0.29) is 5.56 Å². The van der Waals surface area contributed by atoms with Crippen molar-refractivity contribution in [2.24, 2.45) is 5.92 Å². The molecule has 2 saturated heterocycles. The molecule has 2 aliphatic heterocycles. The van der Waals surface area contributed by atoms with E-state index in [0.717, 1.165) is 51.9 Å². The molecule has 3 heterocycles. The summed E-state index contributed by atoms with van der Waals surface area (Å²) in [5, 5.41) is 10.5. The number of ether oxygens (including phenoxy) is 1. The number of hydrogen-bond acceptors (Lipinski definition) is 5. The summed E-state index contributed by atoms with van der Waals surface area (Å²) in [6.07, 6.45) is 7.04. The Hall–Kier alpha value is -1.24. The van der Waals surface area contributed by atoms with Crippen LogP contribution in [0, 0.1) is 5.92 Å². The van der Waals surface area contributed by atoms with Crippen molar-refractivity contribution in [2.75, 3.05) is 32.8 Å². The van der Waals surface area contributed by atoms with Crippen molar-refractivity contribution in [2.45, 2.75) is 37.8 Å². The summed E-state index contributed by atoms with van der Waals surface area (Å²) in [5.41, 5.74) is -0.656. The van der Waals surface area contributed by atoms with Crippen molar-refractivity contribution >= 4 is 0 Å². The maximum absolute atomic E-state index is 11.7. The summed E-state index contributed by atoms with van der Waals surface area (Å²) in [6, 6.07) is 1.51. The third-order valence-corrected chi connectivity index (χ3v) is 4.77. The molecule has 2 aliphatic rings. The minimum Gasteiger partial charge on any atom is -0.386 e. The fraction of sp³-hybridized carbons (Fsp3) is 0.750. The van der Waals surface area contributed by atoms with Gasteiger partial charge >= 0.3 is 0 Å². The van der Waals surface area contributed by atoms with Crippen molar-refractivity contribution in [3.8, 4) is 0 Å². The molecule has 0 spiro atoms. The van der Waals surface area contributed by atoms with E-state index in [2.05, 4.69) is 9.88 Å². The first-order chi connectivity index (χ1) is 10.6. The zero-order chi connectivity index (χ0) is 15.4. The SMILES string of the molecule is O=c1ccncn1CC1CCN(CC2(O)CCCOC2)CC1. The van der Waals surface area contributed by atoms with Crippen molar-refractivity contribution in [1.29, 1.82) is 0 Å². The highest BCUT2D eigenvalue weighted by Gasteiger charge is 2.33. The third-order valence-electron chi connectivity index (χ3n) is 4.77. The lowest BCUT2D eigenvalue weighted by Gasteiger charge is -2.39. The first kappa shape index (κ1) is 15.6. The number of nitrogens with zero attached hydrogens (tertiary/aromatic N) is 3. The molecule has 22 heavy (non-hydrogen) atoms. The molecule has 1 aromatic heterocycles. The molecule has 0 aromatic carbocycles. The molecular weight excluding hydrogens is 282 g/mol. The molecule has 1 N–H and O–H groups in total. The van der Waals surface area contributed by atoms with E-state index in [0.29, 0.717) is 19.1 Å². The Kier molecular flexibility index (Phi) is 4.90. The molecule has 1 aromatic rings. The number of likely N-dealkylation sites (tertiary alicyclic amines) is 1. The number of rotatable bonds is 4. The van der Waals surface area contributed by atoms with Gasteiger partial charge in [0.1, 0.15) is 5.60 Å². The Balaban J connectivity index is 1.48. The fourth-order valence-electron chi connectivity index (χ4n) is 3.50. The lowest BCUT2D eigenvalue weighted by Crippen LogP contribution is -2.50. The second kappa shape index (κ2) is 6.89. The van der Waals surface area contributed by atoms with Gasteiger partial charge in [-0.05, 0) is 44.7 Å². The molecule has 1 atom stereocenters. The van der Waals surface area contributed by atoms with Gasteiger partial charge in [0.05, 0.1) is 12.9 Å². The molecule has 0 aliphatic carbocycles. The average molecular weight is 307 g/mol. The van der Waals surface area contributed by atoms with Crippen LogP contribution in [-0.2, 0) is 11.3 Å². The highest BCUT2D eigenvalue weighted by Crippen LogP contribution is 2.24. The number of aromatic nitrogens is 2.